The number of carboxylic acid groups (broad SMARTS) is 1. The molecule has 1 atom stereocenters. The smallest absolute Gasteiger partial charge is 0.305 e. The molecule has 0 saturated carbocycles. The highest BCUT2D eigenvalue weighted by Gasteiger charge is 2.30. The second-order valence-electron chi connectivity index (χ2n) is 4.94. The normalized spacial score (nSPS) is 13.7. The number of hydrogen-bond acceptors (Lipinski definition) is 2. The molecule has 1 unspecified atom stereocenters. The number of carboxylic acids is 1. The monoisotopic (exact) mass is 286 g/mol. The summed E-state index contributed by atoms with van der Waals surface area (Å²) in [6.45, 7) is 2.00. The minimum Gasteiger partial charge on any atom is -0.481 e. The summed E-state index contributed by atoms with van der Waals surface area (Å²) in [4.78, 5) is 11.2. The molecule has 0 aliphatic heterocycles. The van der Waals surface area contributed by atoms with E-state index in [0.29, 0.717) is 0 Å². The Morgan fingerprint density at radius 3 is 2.15 bits per heavy atom. The van der Waals surface area contributed by atoms with Gasteiger partial charge in [-0.3, -0.25) is 4.79 Å². The zero-order valence-electron chi connectivity index (χ0n) is 11.5. The highest BCUT2D eigenvalue weighted by Crippen LogP contribution is 2.41. The summed E-state index contributed by atoms with van der Waals surface area (Å²) in [5, 5.41) is 9.19. The van der Waals surface area contributed by atoms with Crippen LogP contribution in [0.2, 0.25) is 0 Å². The lowest BCUT2D eigenvalue weighted by molar-refractivity contribution is -0.137. The third-order valence-corrected chi connectivity index (χ3v) is 4.77. The van der Waals surface area contributed by atoms with Crippen molar-refractivity contribution in [1.29, 1.82) is 0 Å². The van der Waals surface area contributed by atoms with E-state index in [4.69, 9.17) is 0 Å². The number of hydrogen-bond donors (Lipinski definition) is 1. The van der Waals surface area contributed by atoms with Gasteiger partial charge < -0.3 is 5.11 Å². The Balaban J connectivity index is 2.17. The molecule has 2 nitrogen and oxygen atoms in total. The minimum atomic E-state index is -0.767. The molecular weight excluding hydrogens is 268 g/mol. The number of thioether (sulfide) groups is 1. The zero-order chi connectivity index (χ0) is 14.4. The van der Waals surface area contributed by atoms with E-state index in [1.807, 2.05) is 55.5 Å². The van der Waals surface area contributed by atoms with Gasteiger partial charge in [0.2, 0.25) is 0 Å². The van der Waals surface area contributed by atoms with E-state index >= 15 is 0 Å². The molecular formula is C17H18O2S. The highest BCUT2D eigenvalue weighted by atomic mass is 32.2. The molecule has 2 aromatic rings. The first-order valence-corrected chi connectivity index (χ1v) is 7.54. The van der Waals surface area contributed by atoms with Gasteiger partial charge in [0.25, 0.3) is 0 Å². The summed E-state index contributed by atoms with van der Waals surface area (Å²) >= 11 is 1.68. The van der Waals surface area contributed by atoms with Gasteiger partial charge in [-0.25, -0.2) is 0 Å². The Labute approximate surface area is 123 Å². The molecule has 104 valence electrons. The topological polar surface area (TPSA) is 37.3 Å². The highest BCUT2D eigenvalue weighted by molar-refractivity contribution is 7.99. The fraction of sp³-hybridized carbons (Fsp3) is 0.235. The van der Waals surface area contributed by atoms with Crippen LogP contribution in [0.5, 0.6) is 0 Å². The van der Waals surface area contributed by atoms with E-state index in [1.165, 1.54) is 5.56 Å². The van der Waals surface area contributed by atoms with Crippen LogP contribution in [0, 0.1) is 0 Å². The van der Waals surface area contributed by atoms with E-state index in [-0.39, 0.29) is 6.42 Å². The van der Waals surface area contributed by atoms with Crippen LogP contribution in [0.3, 0.4) is 0 Å². The molecule has 0 fully saturated rings. The average molecular weight is 286 g/mol. The molecule has 0 heterocycles. The largest absolute Gasteiger partial charge is 0.481 e. The third-order valence-electron chi connectivity index (χ3n) is 3.27. The van der Waals surface area contributed by atoms with Gasteiger partial charge in [0.1, 0.15) is 0 Å². The summed E-state index contributed by atoms with van der Waals surface area (Å²) in [5.41, 5.74) is 2.27. The van der Waals surface area contributed by atoms with Gasteiger partial charge in [-0.2, -0.15) is 0 Å². The molecule has 1 N–H and O–H groups in total. The first kappa shape index (κ1) is 14.7. The Morgan fingerprint density at radius 1 is 1.05 bits per heavy atom. The molecule has 0 saturated heterocycles. The number of aliphatic carboxylic acids is 1. The van der Waals surface area contributed by atoms with Crippen molar-refractivity contribution in [2.24, 2.45) is 0 Å². The van der Waals surface area contributed by atoms with E-state index in [0.717, 1.165) is 11.3 Å². The quantitative estimate of drug-likeness (QED) is 0.859. The average Bonchev–Trinajstić information content (AvgIpc) is 2.47. The van der Waals surface area contributed by atoms with Crippen LogP contribution < -0.4 is 0 Å². The van der Waals surface area contributed by atoms with Gasteiger partial charge in [-0.15, -0.1) is 11.8 Å². The fourth-order valence-corrected chi connectivity index (χ4v) is 3.34. The lowest BCUT2D eigenvalue weighted by atomic mass is 9.97. The van der Waals surface area contributed by atoms with Crippen molar-refractivity contribution in [2.45, 2.75) is 23.8 Å². The third kappa shape index (κ3) is 3.87. The van der Waals surface area contributed by atoms with Gasteiger partial charge in [-0.1, -0.05) is 60.7 Å². The van der Waals surface area contributed by atoms with Crippen molar-refractivity contribution < 1.29 is 9.90 Å². The molecule has 2 aromatic carbocycles. The first-order valence-electron chi connectivity index (χ1n) is 6.55. The van der Waals surface area contributed by atoms with Crippen molar-refractivity contribution in [3.63, 3.8) is 0 Å². The van der Waals surface area contributed by atoms with Crippen molar-refractivity contribution in [1.82, 2.24) is 0 Å². The van der Waals surface area contributed by atoms with Crippen LogP contribution in [0.1, 0.15) is 24.5 Å². The molecule has 0 spiro atoms. The second kappa shape index (κ2) is 6.62. The molecule has 0 bridgehead atoms. The number of benzene rings is 2. The number of rotatable bonds is 6. The minimum absolute atomic E-state index is 0.120. The zero-order valence-corrected chi connectivity index (χ0v) is 12.3. The maximum atomic E-state index is 11.2. The van der Waals surface area contributed by atoms with Crippen molar-refractivity contribution >= 4 is 17.7 Å². The standard InChI is InChI=1S/C17H18O2S/c1-17(12-16(18)19,15-10-6-3-7-11-15)20-13-14-8-4-2-5-9-14/h2-11H,12-13H2,1H3,(H,18,19). The van der Waals surface area contributed by atoms with Gasteiger partial charge >= 0.3 is 5.97 Å². The van der Waals surface area contributed by atoms with Crippen molar-refractivity contribution in [3.05, 3.63) is 71.8 Å². The Bertz CT molecular complexity index is 554. The SMILES string of the molecule is CC(CC(=O)O)(SCc1ccccc1)c1ccccc1. The lowest BCUT2D eigenvalue weighted by Crippen LogP contribution is -2.22. The van der Waals surface area contributed by atoms with E-state index in [1.54, 1.807) is 11.8 Å². The van der Waals surface area contributed by atoms with E-state index in [2.05, 4.69) is 12.1 Å². The van der Waals surface area contributed by atoms with Crippen molar-refractivity contribution in [3.8, 4) is 0 Å². The first-order chi connectivity index (χ1) is 9.60. The lowest BCUT2D eigenvalue weighted by Gasteiger charge is -2.28. The maximum absolute atomic E-state index is 11.2. The van der Waals surface area contributed by atoms with E-state index in [9.17, 15) is 9.90 Å². The Hall–Kier alpha value is -1.74. The molecule has 0 radical (unpaired) electrons. The molecule has 3 heteroatoms. The predicted molar refractivity (Wildman–Crippen MR) is 83.8 cm³/mol. The van der Waals surface area contributed by atoms with Crippen LogP contribution in [0.15, 0.2) is 60.7 Å². The van der Waals surface area contributed by atoms with Gasteiger partial charge in [0.15, 0.2) is 0 Å². The fourth-order valence-electron chi connectivity index (χ4n) is 2.13. The molecule has 0 amide bonds. The van der Waals surface area contributed by atoms with E-state index < -0.39 is 10.7 Å². The van der Waals surface area contributed by atoms with Crippen molar-refractivity contribution in [2.75, 3.05) is 0 Å². The molecule has 0 aromatic heterocycles. The molecule has 0 aliphatic carbocycles. The molecule has 2 rings (SSSR count). The molecule has 20 heavy (non-hydrogen) atoms. The Morgan fingerprint density at radius 2 is 1.60 bits per heavy atom. The summed E-state index contributed by atoms with van der Waals surface area (Å²) in [6, 6.07) is 20.0. The summed E-state index contributed by atoms with van der Waals surface area (Å²) in [7, 11) is 0. The van der Waals surface area contributed by atoms with Crippen LogP contribution in [0.25, 0.3) is 0 Å². The number of carbonyl (C=O) groups is 1. The second-order valence-corrected chi connectivity index (χ2v) is 6.42. The summed E-state index contributed by atoms with van der Waals surface area (Å²) in [6.07, 6.45) is 0.120. The van der Waals surface area contributed by atoms with Gasteiger partial charge in [0.05, 0.1) is 6.42 Å². The van der Waals surface area contributed by atoms with Crippen LogP contribution >= 0.6 is 11.8 Å². The predicted octanol–water partition coefficient (Wildman–Crippen LogP) is 4.31. The van der Waals surface area contributed by atoms with Crippen LogP contribution in [-0.2, 0) is 15.3 Å². The van der Waals surface area contributed by atoms with Crippen LogP contribution in [0.4, 0.5) is 0 Å². The van der Waals surface area contributed by atoms with Crippen LogP contribution in [-0.4, -0.2) is 11.1 Å². The Kier molecular flexibility index (Phi) is 4.85. The van der Waals surface area contributed by atoms with Gasteiger partial charge in [-0.05, 0) is 18.1 Å². The summed E-state index contributed by atoms with van der Waals surface area (Å²) in [5.74, 6) is 0.0383. The molecule has 0 aliphatic rings. The van der Waals surface area contributed by atoms with Gasteiger partial charge in [0, 0.05) is 10.5 Å². The maximum Gasteiger partial charge on any atom is 0.305 e. The summed E-state index contributed by atoms with van der Waals surface area (Å²) < 4.78 is -0.414.